The van der Waals surface area contributed by atoms with Crippen LogP contribution >= 0.6 is 0 Å². The standard InChI is InChI=1S/C27H30O15/c1-9-20(33)22(35)24(37)26(38-9)42-25-23(36)21(34)18(8-28)41-27(25)40-15-3-2-10(4-12(15)30)16-7-14(32)19-13(31)5-11(29)6-17(19)39-16/h2-7,9,18,20-31,33-37H,8H2,1H3. The molecule has 2 aliphatic rings. The van der Waals surface area contributed by atoms with Crippen LogP contribution in [0.25, 0.3) is 22.3 Å². The number of phenolic OH excluding ortho intramolecular Hbond substituents is 3. The molecule has 1 aromatic heterocycles. The number of rotatable bonds is 6. The Bertz CT molecular complexity index is 1490. The molecule has 42 heavy (non-hydrogen) atoms. The number of aliphatic hydroxyl groups excluding tert-OH is 6. The van der Waals surface area contributed by atoms with Gasteiger partial charge in [-0.2, -0.15) is 0 Å². The molecule has 2 saturated heterocycles. The SMILES string of the molecule is CC1OC(OC2C(Oc3ccc(-c4cc(=O)c5c(O)cc(O)cc5o4)cc3O)OC(CO)C(O)C2O)C(O)C(O)C1O. The molecule has 15 heteroatoms. The molecule has 0 radical (unpaired) electrons. The summed E-state index contributed by atoms with van der Waals surface area (Å²) in [6.45, 7) is 0.684. The number of hydrogen-bond donors (Lipinski definition) is 9. The summed E-state index contributed by atoms with van der Waals surface area (Å²) in [5.41, 5.74) is -0.518. The zero-order chi connectivity index (χ0) is 30.5. The first-order chi connectivity index (χ1) is 19.9. The molecule has 0 amide bonds. The Kier molecular flexibility index (Phi) is 8.30. The van der Waals surface area contributed by atoms with Gasteiger partial charge in [-0.25, -0.2) is 0 Å². The maximum atomic E-state index is 12.6. The van der Waals surface area contributed by atoms with Crippen LogP contribution in [0.3, 0.4) is 0 Å². The highest BCUT2D eigenvalue weighted by Crippen LogP contribution is 2.37. The number of aromatic hydroxyl groups is 3. The van der Waals surface area contributed by atoms with Gasteiger partial charge >= 0.3 is 0 Å². The summed E-state index contributed by atoms with van der Waals surface area (Å²) in [6, 6.07) is 7.03. The van der Waals surface area contributed by atoms with Gasteiger partial charge in [0.15, 0.2) is 29.3 Å². The average Bonchev–Trinajstić information content (AvgIpc) is 2.94. The van der Waals surface area contributed by atoms with Gasteiger partial charge in [0.2, 0.25) is 6.29 Å². The molecule has 10 atom stereocenters. The van der Waals surface area contributed by atoms with E-state index >= 15 is 0 Å². The zero-order valence-electron chi connectivity index (χ0n) is 21.9. The van der Waals surface area contributed by atoms with Gasteiger partial charge in [0.1, 0.15) is 64.9 Å². The number of ether oxygens (including phenoxy) is 4. The smallest absolute Gasteiger partial charge is 0.229 e. The van der Waals surface area contributed by atoms with E-state index < -0.39 is 84.9 Å². The van der Waals surface area contributed by atoms with Gasteiger partial charge in [-0.3, -0.25) is 4.79 Å². The second-order valence-electron chi connectivity index (χ2n) is 10.1. The third kappa shape index (κ3) is 5.49. The van der Waals surface area contributed by atoms with Gasteiger partial charge in [0.25, 0.3) is 0 Å². The highest BCUT2D eigenvalue weighted by Gasteiger charge is 2.51. The van der Waals surface area contributed by atoms with E-state index in [4.69, 9.17) is 23.4 Å². The summed E-state index contributed by atoms with van der Waals surface area (Å²) >= 11 is 0. The number of hydrogen-bond acceptors (Lipinski definition) is 15. The normalized spacial score (nSPS) is 33.5. The monoisotopic (exact) mass is 594 g/mol. The van der Waals surface area contributed by atoms with Crippen LogP contribution in [0.5, 0.6) is 23.0 Å². The second-order valence-corrected chi connectivity index (χ2v) is 10.1. The van der Waals surface area contributed by atoms with E-state index in [-0.39, 0.29) is 33.8 Å². The van der Waals surface area contributed by atoms with Crippen LogP contribution in [-0.4, -0.2) is 114 Å². The minimum Gasteiger partial charge on any atom is -0.508 e. The fraction of sp³-hybridized carbons (Fsp3) is 0.444. The molecular weight excluding hydrogens is 564 g/mol. The molecular formula is C27H30O15. The van der Waals surface area contributed by atoms with Crippen molar-refractivity contribution in [1.29, 1.82) is 0 Å². The van der Waals surface area contributed by atoms with Crippen molar-refractivity contribution in [3.05, 3.63) is 46.6 Å². The molecule has 15 nitrogen and oxygen atoms in total. The maximum Gasteiger partial charge on any atom is 0.229 e. The highest BCUT2D eigenvalue weighted by atomic mass is 16.8. The summed E-state index contributed by atoms with van der Waals surface area (Å²) in [6.07, 6.45) is -15.4. The third-order valence-corrected chi connectivity index (χ3v) is 7.21. The van der Waals surface area contributed by atoms with Crippen molar-refractivity contribution in [3.63, 3.8) is 0 Å². The van der Waals surface area contributed by atoms with Gasteiger partial charge in [-0.15, -0.1) is 0 Å². The number of fused-ring (bicyclic) bond motifs is 1. The first-order valence-corrected chi connectivity index (χ1v) is 12.9. The van der Waals surface area contributed by atoms with E-state index in [1.165, 1.54) is 25.1 Å². The molecule has 2 aliphatic heterocycles. The Balaban J connectivity index is 1.42. The summed E-state index contributed by atoms with van der Waals surface area (Å²) in [4.78, 5) is 12.6. The quantitative estimate of drug-likeness (QED) is 0.159. The minimum absolute atomic E-state index is 0.0216. The summed E-state index contributed by atoms with van der Waals surface area (Å²) in [5, 5.41) is 91.5. The van der Waals surface area contributed by atoms with Crippen molar-refractivity contribution in [2.24, 2.45) is 0 Å². The molecule has 3 aromatic rings. The lowest BCUT2D eigenvalue weighted by molar-refractivity contribution is -0.354. The topological polar surface area (TPSA) is 249 Å². The van der Waals surface area contributed by atoms with Crippen LogP contribution < -0.4 is 10.2 Å². The number of benzene rings is 2. The molecule has 0 aliphatic carbocycles. The summed E-state index contributed by atoms with van der Waals surface area (Å²) < 4.78 is 28.0. The van der Waals surface area contributed by atoms with Crippen LogP contribution in [0, 0.1) is 0 Å². The van der Waals surface area contributed by atoms with Crippen LogP contribution in [0.2, 0.25) is 0 Å². The average molecular weight is 595 g/mol. The van der Waals surface area contributed by atoms with Crippen molar-refractivity contribution < 1.29 is 69.3 Å². The van der Waals surface area contributed by atoms with Crippen molar-refractivity contribution >= 4 is 11.0 Å². The number of phenols is 3. The zero-order valence-corrected chi connectivity index (χ0v) is 21.9. The summed E-state index contributed by atoms with van der Waals surface area (Å²) in [5.74, 6) is -1.56. The molecule has 5 rings (SSSR count). The molecule has 3 heterocycles. The number of aliphatic hydroxyl groups is 6. The largest absolute Gasteiger partial charge is 0.508 e. The van der Waals surface area contributed by atoms with Gasteiger partial charge in [0, 0.05) is 23.8 Å². The Morgan fingerprint density at radius 3 is 2.24 bits per heavy atom. The lowest BCUT2D eigenvalue weighted by atomic mass is 9.97. The molecule has 0 bridgehead atoms. The predicted molar refractivity (Wildman–Crippen MR) is 139 cm³/mol. The first kappa shape index (κ1) is 30.0. The fourth-order valence-corrected chi connectivity index (χ4v) is 4.87. The second kappa shape index (κ2) is 11.6. The predicted octanol–water partition coefficient (Wildman–Crippen LogP) is -1.39. The van der Waals surface area contributed by atoms with E-state index in [0.29, 0.717) is 0 Å². The van der Waals surface area contributed by atoms with E-state index in [2.05, 4.69) is 0 Å². The lowest BCUT2D eigenvalue weighted by Gasteiger charge is -2.45. The first-order valence-electron chi connectivity index (χ1n) is 12.9. The van der Waals surface area contributed by atoms with Gasteiger partial charge < -0.3 is 69.3 Å². The van der Waals surface area contributed by atoms with Crippen molar-refractivity contribution in [1.82, 2.24) is 0 Å². The van der Waals surface area contributed by atoms with Crippen molar-refractivity contribution in [2.45, 2.75) is 68.3 Å². The lowest BCUT2D eigenvalue weighted by Crippen LogP contribution is -2.64. The molecule has 228 valence electrons. The van der Waals surface area contributed by atoms with Gasteiger partial charge in [-0.1, -0.05) is 0 Å². The van der Waals surface area contributed by atoms with Crippen LogP contribution in [-0.2, 0) is 14.2 Å². The third-order valence-electron chi connectivity index (χ3n) is 7.21. The summed E-state index contributed by atoms with van der Waals surface area (Å²) in [7, 11) is 0. The maximum absolute atomic E-state index is 12.6. The van der Waals surface area contributed by atoms with Crippen molar-refractivity contribution in [2.75, 3.05) is 6.61 Å². The van der Waals surface area contributed by atoms with E-state index in [1.807, 2.05) is 0 Å². The molecule has 2 fully saturated rings. The van der Waals surface area contributed by atoms with E-state index in [1.54, 1.807) is 0 Å². The van der Waals surface area contributed by atoms with Crippen LogP contribution in [0.15, 0.2) is 45.6 Å². The van der Waals surface area contributed by atoms with Crippen LogP contribution in [0.1, 0.15) is 6.92 Å². The Morgan fingerprint density at radius 2 is 1.55 bits per heavy atom. The Morgan fingerprint density at radius 1 is 0.810 bits per heavy atom. The van der Waals surface area contributed by atoms with Gasteiger partial charge in [-0.05, 0) is 25.1 Å². The van der Waals surface area contributed by atoms with E-state index in [0.717, 1.165) is 18.2 Å². The Labute approximate surface area is 236 Å². The molecule has 2 aromatic carbocycles. The minimum atomic E-state index is -1.77. The highest BCUT2D eigenvalue weighted by molar-refractivity contribution is 5.86. The van der Waals surface area contributed by atoms with Crippen molar-refractivity contribution in [3.8, 4) is 34.3 Å². The van der Waals surface area contributed by atoms with Gasteiger partial charge in [0.05, 0.1) is 12.7 Å². The van der Waals surface area contributed by atoms with Crippen LogP contribution in [0.4, 0.5) is 0 Å². The molecule has 0 saturated carbocycles. The fourth-order valence-electron chi connectivity index (χ4n) is 4.87. The Hall–Kier alpha value is -3.51. The molecule has 0 spiro atoms. The molecule has 10 unspecified atom stereocenters. The molecule has 9 N–H and O–H groups in total. The van der Waals surface area contributed by atoms with E-state index in [9.17, 15) is 50.8 Å².